The molecule has 132 valence electrons. The predicted octanol–water partition coefficient (Wildman–Crippen LogP) is 5.02. The standard InChI is InChI=1S/C20H16ClFN2OS/c21-15-5-3-4-14(12-15)17-19(26)24(20(23-17)10-1-2-11-20)18(25)13-6-8-16(22)9-7-13/h3-9,12H,1-2,10-11H2. The molecule has 1 heterocycles. The molecule has 1 fully saturated rings. The highest BCUT2D eigenvalue weighted by molar-refractivity contribution is 7.82. The SMILES string of the molecule is O=C(c1ccc(F)cc1)N1C(=S)C(c2cccc(Cl)c2)=NC12CCCC2. The fourth-order valence-corrected chi connectivity index (χ4v) is 4.31. The fraction of sp³-hybridized carbons (Fsp3) is 0.250. The fourth-order valence-electron chi connectivity index (χ4n) is 3.70. The molecule has 0 bridgehead atoms. The highest BCUT2D eigenvalue weighted by Gasteiger charge is 2.50. The zero-order valence-corrected chi connectivity index (χ0v) is 15.5. The second kappa shape index (κ2) is 6.56. The molecule has 3 nitrogen and oxygen atoms in total. The van der Waals surface area contributed by atoms with E-state index in [0.717, 1.165) is 31.2 Å². The van der Waals surface area contributed by atoms with Crippen molar-refractivity contribution in [1.82, 2.24) is 4.90 Å². The highest BCUT2D eigenvalue weighted by atomic mass is 35.5. The van der Waals surface area contributed by atoms with Gasteiger partial charge in [0, 0.05) is 16.1 Å². The number of hydrogen-bond acceptors (Lipinski definition) is 3. The number of carbonyl (C=O) groups excluding carboxylic acids is 1. The van der Waals surface area contributed by atoms with Crippen molar-refractivity contribution in [2.75, 3.05) is 0 Å². The molecule has 2 aliphatic rings. The van der Waals surface area contributed by atoms with Gasteiger partial charge in [0.15, 0.2) is 0 Å². The molecule has 0 N–H and O–H groups in total. The Hall–Kier alpha value is -2.11. The Kier molecular flexibility index (Phi) is 4.37. The van der Waals surface area contributed by atoms with Crippen molar-refractivity contribution >= 4 is 40.4 Å². The lowest BCUT2D eigenvalue weighted by molar-refractivity contribution is 0.0724. The average Bonchev–Trinajstić information content (AvgIpc) is 3.20. The number of thiocarbonyl (C=S) groups is 1. The maximum atomic E-state index is 13.2. The van der Waals surface area contributed by atoms with Gasteiger partial charge >= 0.3 is 0 Å². The minimum absolute atomic E-state index is 0.238. The molecular weight excluding hydrogens is 371 g/mol. The summed E-state index contributed by atoms with van der Waals surface area (Å²) in [6.07, 6.45) is 3.51. The van der Waals surface area contributed by atoms with E-state index < -0.39 is 5.66 Å². The van der Waals surface area contributed by atoms with Crippen LogP contribution in [0, 0.1) is 5.82 Å². The third kappa shape index (κ3) is 2.85. The summed E-state index contributed by atoms with van der Waals surface area (Å²) in [5.41, 5.74) is 1.20. The summed E-state index contributed by atoms with van der Waals surface area (Å²) >= 11 is 11.8. The first-order valence-electron chi connectivity index (χ1n) is 8.50. The second-order valence-electron chi connectivity index (χ2n) is 6.61. The summed E-state index contributed by atoms with van der Waals surface area (Å²) in [5, 5.41) is 0.594. The molecule has 26 heavy (non-hydrogen) atoms. The minimum atomic E-state index is -0.639. The number of benzene rings is 2. The van der Waals surface area contributed by atoms with Gasteiger partial charge in [-0.3, -0.25) is 14.7 Å². The number of aliphatic imine (C=N–C) groups is 1. The van der Waals surface area contributed by atoms with E-state index in [1.54, 1.807) is 17.0 Å². The van der Waals surface area contributed by atoms with Gasteiger partial charge in [0.05, 0.1) is 0 Å². The molecule has 2 aromatic carbocycles. The lowest BCUT2D eigenvalue weighted by atomic mass is 10.1. The van der Waals surface area contributed by atoms with Crippen LogP contribution >= 0.6 is 23.8 Å². The van der Waals surface area contributed by atoms with Gasteiger partial charge in [0.2, 0.25) is 0 Å². The van der Waals surface area contributed by atoms with Crippen LogP contribution in [0.15, 0.2) is 53.5 Å². The van der Waals surface area contributed by atoms with Crippen LogP contribution in [0.5, 0.6) is 0 Å². The Labute approximate surface area is 161 Å². The molecule has 4 rings (SSSR count). The summed E-state index contributed by atoms with van der Waals surface area (Å²) in [4.78, 5) is 20.1. The van der Waals surface area contributed by atoms with Crippen molar-refractivity contribution in [3.8, 4) is 0 Å². The van der Waals surface area contributed by atoms with Crippen LogP contribution in [-0.2, 0) is 0 Å². The van der Waals surface area contributed by atoms with Gasteiger partial charge < -0.3 is 0 Å². The number of halogens is 2. The van der Waals surface area contributed by atoms with E-state index in [-0.39, 0.29) is 11.7 Å². The Morgan fingerprint density at radius 1 is 1.15 bits per heavy atom. The molecule has 0 radical (unpaired) electrons. The van der Waals surface area contributed by atoms with E-state index in [1.807, 2.05) is 12.1 Å². The van der Waals surface area contributed by atoms with E-state index in [2.05, 4.69) is 0 Å². The number of rotatable bonds is 2. The van der Waals surface area contributed by atoms with Gasteiger partial charge in [-0.05, 0) is 62.1 Å². The first-order chi connectivity index (χ1) is 12.5. The van der Waals surface area contributed by atoms with Crippen molar-refractivity contribution in [2.24, 2.45) is 4.99 Å². The first-order valence-corrected chi connectivity index (χ1v) is 9.29. The molecule has 2 aromatic rings. The Balaban J connectivity index is 1.76. The zero-order chi connectivity index (χ0) is 18.3. The molecule has 1 spiro atoms. The molecule has 1 aliphatic carbocycles. The van der Waals surface area contributed by atoms with Gasteiger partial charge in [-0.2, -0.15) is 0 Å². The normalized spacial score (nSPS) is 18.5. The lowest BCUT2D eigenvalue weighted by Crippen LogP contribution is -2.48. The maximum Gasteiger partial charge on any atom is 0.260 e. The third-order valence-corrected chi connectivity index (χ3v) is 5.55. The highest BCUT2D eigenvalue weighted by Crippen LogP contribution is 2.42. The van der Waals surface area contributed by atoms with Gasteiger partial charge in [-0.25, -0.2) is 4.39 Å². The van der Waals surface area contributed by atoms with Crippen molar-refractivity contribution in [3.63, 3.8) is 0 Å². The van der Waals surface area contributed by atoms with Crippen LogP contribution in [-0.4, -0.2) is 27.2 Å². The smallest absolute Gasteiger partial charge is 0.260 e. The number of amides is 1. The van der Waals surface area contributed by atoms with Gasteiger partial charge in [-0.1, -0.05) is 36.0 Å². The summed E-state index contributed by atoms with van der Waals surface area (Å²) in [6, 6.07) is 12.9. The van der Waals surface area contributed by atoms with Crippen molar-refractivity contribution < 1.29 is 9.18 Å². The lowest BCUT2D eigenvalue weighted by Gasteiger charge is -2.32. The minimum Gasteiger partial charge on any atom is -0.271 e. The van der Waals surface area contributed by atoms with Crippen molar-refractivity contribution in [3.05, 3.63) is 70.5 Å². The summed E-state index contributed by atoms with van der Waals surface area (Å²) in [5.74, 6) is -0.616. The van der Waals surface area contributed by atoms with E-state index in [1.165, 1.54) is 24.3 Å². The summed E-state index contributed by atoms with van der Waals surface area (Å²) < 4.78 is 13.2. The van der Waals surface area contributed by atoms with E-state index in [4.69, 9.17) is 28.8 Å². The quantitative estimate of drug-likeness (QED) is 0.679. The molecule has 1 saturated carbocycles. The van der Waals surface area contributed by atoms with Crippen LogP contribution in [0.2, 0.25) is 5.02 Å². The van der Waals surface area contributed by atoms with Gasteiger partial charge in [-0.15, -0.1) is 0 Å². The Bertz CT molecular complexity index is 920. The number of carbonyl (C=O) groups is 1. The van der Waals surface area contributed by atoms with Crippen LogP contribution in [0.1, 0.15) is 41.6 Å². The van der Waals surface area contributed by atoms with Crippen LogP contribution in [0.4, 0.5) is 4.39 Å². The van der Waals surface area contributed by atoms with E-state index in [9.17, 15) is 9.18 Å². The van der Waals surface area contributed by atoms with Crippen molar-refractivity contribution in [1.29, 1.82) is 0 Å². The molecule has 0 saturated heterocycles. The third-order valence-electron chi connectivity index (χ3n) is 4.94. The number of hydrogen-bond donors (Lipinski definition) is 0. The van der Waals surface area contributed by atoms with Gasteiger partial charge in [0.1, 0.15) is 22.2 Å². The van der Waals surface area contributed by atoms with Crippen molar-refractivity contribution in [2.45, 2.75) is 31.3 Å². The van der Waals surface area contributed by atoms with E-state index >= 15 is 0 Å². The monoisotopic (exact) mass is 386 g/mol. The predicted molar refractivity (Wildman–Crippen MR) is 104 cm³/mol. The maximum absolute atomic E-state index is 13.2. The summed E-state index contributed by atoms with van der Waals surface area (Å²) in [7, 11) is 0. The van der Waals surface area contributed by atoms with Crippen LogP contribution < -0.4 is 0 Å². The van der Waals surface area contributed by atoms with Crippen LogP contribution in [0.3, 0.4) is 0 Å². The Morgan fingerprint density at radius 2 is 1.85 bits per heavy atom. The molecule has 0 atom stereocenters. The zero-order valence-electron chi connectivity index (χ0n) is 13.9. The second-order valence-corrected chi connectivity index (χ2v) is 7.44. The first kappa shape index (κ1) is 17.3. The molecule has 0 aromatic heterocycles. The molecule has 1 amide bonds. The molecule has 6 heteroatoms. The van der Waals surface area contributed by atoms with E-state index in [0.29, 0.717) is 21.3 Å². The molecule has 1 aliphatic heterocycles. The molecular formula is C20H16ClFN2OS. The van der Waals surface area contributed by atoms with Crippen LogP contribution in [0.25, 0.3) is 0 Å². The number of nitrogens with zero attached hydrogens (tertiary/aromatic N) is 2. The topological polar surface area (TPSA) is 32.7 Å². The van der Waals surface area contributed by atoms with Gasteiger partial charge in [0.25, 0.3) is 5.91 Å². The largest absolute Gasteiger partial charge is 0.271 e. The average molecular weight is 387 g/mol. The molecule has 0 unspecified atom stereocenters. The summed E-state index contributed by atoms with van der Waals surface area (Å²) in [6.45, 7) is 0. The Morgan fingerprint density at radius 3 is 2.50 bits per heavy atom.